The molecular weight excluding hydrogens is 264 g/mol. The quantitative estimate of drug-likeness (QED) is 0.756. The van der Waals surface area contributed by atoms with Crippen molar-refractivity contribution in [3.8, 4) is 0 Å². The van der Waals surface area contributed by atoms with Crippen molar-refractivity contribution in [1.82, 2.24) is 14.5 Å². The van der Waals surface area contributed by atoms with E-state index in [-0.39, 0.29) is 5.56 Å². The molecule has 5 nitrogen and oxygen atoms in total. The average Bonchev–Trinajstić information content (AvgIpc) is 3.00. The van der Waals surface area contributed by atoms with Crippen molar-refractivity contribution < 1.29 is 0 Å². The molecule has 1 aliphatic rings. The van der Waals surface area contributed by atoms with Crippen LogP contribution in [-0.2, 0) is 13.0 Å². The number of anilines is 1. The fraction of sp³-hybridized carbons (Fsp3) is 0.250. The summed E-state index contributed by atoms with van der Waals surface area (Å²) in [7, 11) is 0. The highest BCUT2D eigenvalue weighted by Crippen LogP contribution is 2.27. The van der Waals surface area contributed by atoms with E-state index in [1.165, 1.54) is 0 Å². The molecule has 0 saturated carbocycles. The van der Waals surface area contributed by atoms with E-state index in [9.17, 15) is 4.79 Å². The number of benzene rings is 1. The van der Waals surface area contributed by atoms with Gasteiger partial charge < -0.3 is 14.9 Å². The number of aromatic nitrogens is 3. The number of fused-ring (bicyclic) bond motifs is 3. The van der Waals surface area contributed by atoms with Crippen LogP contribution in [0.1, 0.15) is 17.5 Å². The number of H-pyrrole nitrogens is 1. The first-order valence-corrected chi connectivity index (χ1v) is 7.19. The van der Waals surface area contributed by atoms with E-state index in [2.05, 4.69) is 27.4 Å². The van der Waals surface area contributed by atoms with Crippen LogP contribution in [0.25, 0.3) is 10.9 Å². The summed E-state index contributed by atoms with van der Waals surface area (Å²) >= 11 is 0. The van der Waals surface area contributed by atoms with Gasteiger partial charge in [-0.15, -0.1) is 0 Å². The lowest BCUT2D eigenvalue weighted by molar-refractivity contribution is 0.797. The van der Waals surface area contributed by atoms with Crippen molar-refractivity contribution in [3.05, 3.63) is 58.4 Å². The predicted molar refractivity (Wildman–Crippen MR) is 82.7 cm³/mol. The smallest absolute Gasteiger partial charge is 0.253 e. The van der Waals surface area contributed by atoms with Crippen LogP contribution >= 0.6 is 0 Å². The van der Waals surface area contributed by atoms with Crippen molar-refractivity contribution >= 4 is 16.6 Å². The van der Waals surface area contributed by atoms with Crippen LogP contribution in [0.3, 0.4) is 0 Å². The topological polar surface area (TPSA) is 62.7 Å². The van der Waals surface area contributed by atoms with Gasteiger partial charge in [0.05, 0.1) is 17.5 Å². The zero-order valence-electron chi connectivity index (χ0n) is 11.6. The Labute approximate surface area is 121 Å². The van der Waals surface area contributed by atoms with Gasteiger partial charge >= 0.3 is 0 Å². The Bertz CT molecular complexity index is 849. The monoisotopic (exact) mass is 280 g/mol. The van der Waals surface area contributed by atoms with Crippen molar-refractivity contribution in [2.75, 3.05) is 11.9 Å². The van der Waals surface area contributed by atoms with Gasteiger partial charge in [0.2, 0.25) is 0 Å². The minimum Gasteiger partial charge on any atom is -0.384 e. The van der Waals surface area contributed by atoms with Crippen molar-refractivity contribution in [2.45, 2.75) is 19.4 Å². The molecule has 21 heavy (non-hydrogen) atoms. The predicted octanol–water partition coefficient (Wildman–Crippen LogP) is 2.13. The van der Waals surface area contributed by atoms with Gasteiger partial charge in [-0.05, 0) is 24.5 Å². The lowest BCUT2D eigenvalue weighted by atomic mass is 10.0. The molecule has 5 heteroatoms. The molecule has 0 aliphatic carbocycles. The van der Waals surface area contributed by atoms with Gasteiger partial charge in [0, 0.05) is 36.4 Å². The molecule has 2 N–H and O–H groups in total. The molecule has 0 radical (unpaired) electrons. The summed E-state index contributed by atoms with van der Waals surface area (Å²) in [6.07, 6.45) is 7.36. The van der Waals surface area contributed by atoms with E-state index in [1.54, 1.807) is 12.5 Å². The van der Waals surface area contributed by atoms with E-state index in [0.717, 1.165) is 53.6 Å². The first-order chi connectivity index (χ1) is 10.3. The lowest BCUT2D eigenvalue weighted by Crippen LogP contribution is -2.22. The third kappa shape index (κ3) is 2.11. The Hall–Kier alpha value is -2.56. The second-order valence-corrected chi connectivity index (χ2v) is 5.45. The van der Waals surface area contributed by atoms with Gasteiger partial charge in [0.1, 0.15) is 0 Å². The molecule has 0 atom stereocenters. The first kappa shape index (κ1) is 12.2. The van der Waals surface area contributed by atoms with Crippen LogP contribution in [0.2, 0.25) is 0 Å². The normalized spacial score (nSPS) is 13.9. The highest BCUT2D eigenvalue weighted by Gasteiger charge is 2.15. The first-order valence-electron chi connectivity index (χ1n) is 7.19. The third-order valence-corrected chi connectivity index (χ3v) is 4.01. The molecule has 3 aromatic rings. The minimum absolute atomic E-state index is 0.0319. The summed E-state index contributed by atoms with van der Waals surface area (Å²) in [5, 5.41) is 4.47. The summed E-state index contributed by atoms with van der Waals surface area (Å²) in [4.78, 5) is 19.3. The number of aromatic amines is 1. The Morgan fingerprint density at radius 1 is 1.33 bits per heavy atom. The van der Waals surface area contributed by atoms with Crippen LogP contribution in [0, 0.1) is 0 Å². The Morgan fingerprint density at radius 2 is 2.29 bits per heavy atom. The Balaban J connectivity index is 1.83. The summed E-state index contributed by atoms with van der Waals surface area (Å²) in [5.74, 6) is 0. The SMILES string of the molecule is O=c1[nH]c2cc(Cn3ccnc3)ccc2c2c1CCCN2. The summed E-state index contributed by atoms with van der Waals surface area (Å²) in [6, 6.07) is 6.25. The highest BCUT2D eigenvalue weighted by atomic mass is 16.1. The minimum atomic E-state index is 0.0319. The summed E-state index contributed by atoms with van der Waals surface area (Å²) in [6.45, 7) is 1.69. The lowest BCUT2D eigenvalue weighted by Gasteiger charge is -2.19. The molecule has 0 unspecified atom stereocenters. The molecule has 4 rings (SSSR count). The molecular formula is C16H16N4O. The molecule has 3 heterocycles. The maximum Gasteiger partial charge on any atom is 0.253 e. The third-order valence-electron chi connectivity index (χ3n) is 4.01. The van der Waals surface area contributed by atoms with Gasteiger partial charge in [-0.2, -0.15) is 0 Å². The van der Waals surface area contributed by atoms with Crippen molar-refractivity contribution in [3.63, 3.8) is 0 Å². The molecule has 0 amide bonds. The Kier molecular flexibility index (Phi) is 2.77. The second kappa shape index (κ2) is 4.77. The number of nitrogens with one attached hydrogen (secondary N) is 2. The van der Waals surface area contributed by atoms with Crippen LogP contribution in [-0.4, -0.2) is 21.1 Å². The van der Waals surface area contributed by atoms with E-state index >= 15 is 0 Å². The van der Waals surface area contributed by atoms with Crippen molar-refractivity contribution in [1.29, 1.82) is 0 Å². The zero-order chi connectivity index (χ0) is 14.2. The number of pyridine rings is 1. The Morgan fingerprint density at radius 3 is 3.14 bits per heavy atom. The number of nitrogens with zero attached hydrogens (tertiary/aromatic N) is 2. The zero-order valence-corrected chi connectivity index (χ0v) is 11.6. The maximum atomic E-state index is 12.2. The molecule has 0 bridgehead atoms. The summed E-state index contributed by atoms with van der Waals surface area (Å²) in [5.41, 5.74) is 3.97. The molecule has 106 valence electrons. The van der Waals surface area contributed by atoms with Gasteiger partial charge in [-0.1, -0.05) is 12.1 Å². The standard InChI is InChI=1S/C16H16N4O/c21-16-13-2-1-5-18-15(13)12-4-3-11(8-14(12)19-16)9-20-7-6-17-10-20/h3-4,6-8,10,18H,1-2,5,9H2,(H,19,21). The van der Waals surface area contributed by atoms with Crippen LogP contribution in [0.15, 0.2) is 41.7 Å². The van der Waals surface area contributed by atoms with E-state index in [4.69, 9.17) is 0 Å². The fourth-order valence-corrected chi connectivity index (χ4v) is 3.00. The molecule has 1 aliphatic heterocycles. The average molecular weight is 280 g/mol. The fourth-order valence-electron chi connectivity index (χ4n) is 3.00. The number of imidazole rings is 1. The number of rotatable bonds is 2. The van der Waals surface area contributed by atoms with Crippen LogP contribution in [0.5, 0.6) is 0 Å². The van der Waals surface area contributed by atoms with Crippen LogP contribution in [0.4, 0.5) is 5.69 Å². The summed E-state index contributed by atoms with van der Waals surface area (Å²) < 4.78 is 2.01. The highest BCUT2D eigenvalue weighted by molar-refractivity contribution is 5.93. The number of hydrogen-bond acceptors (Lipinski definition) is 3. The van der Waals surface area contributed by atoms with Gasteiger partial charge in [0.15, 0.2) is 0 Å². The second-order valence-electron chi connectivity index (χ2n) is 5.45. The van der Waals surface area contributed by atoms with Crippen LogP contribution < -0.4 is 10.9 Å². The molecule has 1 aromatic carbocycles. The number of hydrogen-bond donors (Lipinski definition) is 2. The van der Waals surface area contributed by atoms with Gasteiger partial charge in [-0.3, -0.25) is 4.79 Å². The van der Waals surface area contributed by atoms with Gasteiger partial charge in [-0.25, -0.2) is 4.98 Å². The molecule has 2 aromatic heterocycles. The molecule has 0 fully saturated rings. The van der Waals surface area contributed by atoms with Gasteiger partial charge in [0.25, 0.3) is 5.56 Å². The maximum absolute atomic E-state index is 12.2. The largest absolute Gasteiger partial charge is 0.384 e. The van der Waals surface area contributed by atoms with E-state index < -0.39 is 0 Å². The van der Waals surface area contributed by atoms with E-state index in [1.807, 2.05) is 16.8 Å². The van der Waals surface area contributed by atoms with Crippen molar-refractivity contribution in [2.24, 2.45) is 0 Å². The molecule has 0 saturated heterocycles. The molecule has 0 spiro atoms. The van der Waals surface area contributed by atoms with E-state index in [0.29, 0.717) is 0 Å².